The number of aromatic nitrogens is 2. The molecule has 94 valence electrons. The van der Waals surface area contributed by atoms with Gasteiger partial charge in [0.15, 0.2) is 5.69 Å². The first-order chi connectivity index (χ1) is 8.02. The Morgan fingerprint density at radius 3 is 2.71 bits per heavy atom. The molecule has 1 heterocycles. The lowest BCUT2D eigenvalue weighted by molar-refractivity contribution is 0.0593. The van der Waals surface area contributed by atoms with Crippen molar-refractivity contribution < 1.29 is 9.53 Å². The molecule has 0 aromatic carbocycles. The van der Waals surface area contributed by atoms with Gasteiger partial charge >= 0.3 is 5.97 Å². The molecule has 1 aromatic heterocycles. The molecular formula is C12H19N3O2. The zero-order chi connectivity index (χ0) is 12.8. The first kappa shape index (κ1) is 13.4. The minimum Gasteiger partial charge on any atom is -0.464 e. The Hall–Kier alpha value is -1.65. The van der Waals surface area contributed by atoms with E-state index in [4.69, 9.17) is 0 Å². The highest BCUT2D eigenvalue weighted by molar-refractivity contribution is 5.87. The van der Waals surface area contributed by atoms with Gasteiger partial charge in [-0.3, -0.25) is 4.98 Å². The van der Waals surface area contributed by atoms with Gasteiger partial charge in [0, 0.05) is 6.04 Å². The summed E-state index contributed by atoms with van der Waals surface area (Å²) < 4.78 is 4.59. The predicted octanol–water partition coefficient (Wildman–Crippen LogP) is 2.11. The fourth-order valence-electron chi connectivity index (χ4n) is 1.66. The van der Waals surface area contributed by atoms with Crippen LogP contribution in [0.15, 0.2) is 12.4 Å². The van der Waals surface area contributed by atoms with Gasteiger partial charge in [-0.05, 0) is 19.3 Å². The fraction of sp³-hybridized carbons (Fsp3) is 0.583. The Bertz CT molecular complexity index is 380. The number of hydrogen-bond donors (Lipinski definition) is 1. The number of hydrogen-bond acceptors (Lipinski definition) is 5. The van der Waals surface area contributed by atoms with Gasteiger partial charge < -0.3 is 10.1 Å². The highest BCUT2D eigenvalue weighted by Crippen LogP contribution is 2.10. The highest BCUT2D eigenvalue weighted by Gasteiger charge is 2.10. The molecule has 1 unspecified atom stereocenters. The van der Waals surface area contributed by atoms with Crippen molar-refractivity contribution in [3.8, 4) is 0 Å². The monoisotopic (exact) mass is 237 g/mol. The Morgan fingerprint density at radius 2 is 2.12 bits per heavy atom. The van der Waals surface area contributed by atoms with E-state index >= 15 is 0 Å². The molecule has 0 saturated heterocycles. The van der Waals surface area contributed by atoms with E-state index in [2.05, 4.69) is 40.8 Å². The van der Waals surface area contributed by atoms with Crippen LogP contribution in [0.4, 0.5) is 5.82 Å². The van der Waals surface area contributed by atoms with Gasteiger partial charge in [-0.1, -0.05) is 13.8 Å². The van der Waals surface area contributed by atoms with Gasteiger partial charge in [0.1, 0.15) is 5.82 Å². The normalized spacial score (nSPS) is 12.3. The van der Waals surface area contributed by atoms with Gasteiger partial charge in [0.2, 0.25) is 0 Å². The summed E-state index contributed by atoms with van der Waals surface area (Å²) in [6.07, 6.45) is 4.03. The van der Waals surface area contributed by atoms with E-state index in [-0.39, 0.29) is 11.7 Å². The van der Waals surface area contributed by atoms with Crippen molar-refractivity contribution in [1.82, 2.24) is 9.97 Å². The molecule has 5 nitrogen and oxygen atoms in total. The molecule has 1 N–H and O–H groups in total. The van der Waals surface area contributed by atoms with Gasteiger partial charge in [-0.25, -0.2) is 9.78 Å². The minimum atomic E-state index is -0.474. The number of carbonyl (C=O) groups excluding carboxylic acids is 1. The zero-order valence-corrected chi connectivity index (χ0v) is 10.7. The van der Waals surface area contributed by atoms with E-state index < -0.39 is 5.97 Å². The molecule has 0 amide bonds. The maximum absolute atomic E-state index is 11.3. The Balaban J connectivity index is 2.68. The summed E-state index contributed by atoms with van der Waals surface area (Å²) in [5.41, 5.74) is 0.217. The van der Waals surface area contributed by atoms with Crippen LogP contribution in [0.3, 0.4) is 0 Å². The summed E-state index contributed by atoms with van der Waals surface area (Å²) in [7, 11) is 1.32. The largest absolute Gasteiger partial charge is 0.464 e. The van der Waals surface area contributed by atoms with Crippen molar-refractivity contribution in [3.05, 3.63) is 18.1 Å². The van der Waals surface area contributed by atoms with Crippen molar-refractivity contribution in [3.63, 3.8) is 0 Å². The van der Waals surface area contributed by atoms with Crippen molar-refractivity contribution in [2.24, 2.45) is 5.92 Å². The summed E-state index contributed by atoms with van der Waals surface area (Å²) in [5.74, 6) is 0.730. The lowest BCUT2D eigenvalue weighted by Gasteiger charge is -2.16. The molecule has 0 spiro atoms. The van der Waals surface area contributed by atoms with Crippen LogP contribution in [0, 0.1) is 5.92 Å². The lowest BCUT2D eigenvalue weighted by atomic mass is 10.1. The van der Waals surface area contributed by atoms with Gasteiger partial charge in [-0.2, -0.15) is 0 Å². The molecule has 0 aliphatic heterocycles. The molecule has 0 saturated carbocycles. The Labute approximate surface area is 102 Å². The molecule has 1 aromatic rings. The zero-order valence-electron chi connectivity index (χ0n) is 10.7. The van der Waals surface area contributed by atoms with Crippen LogP contribution in [-0.4, -0.2) is 29.1 Å². The van der Waals surface area contributed by atoms with E-state index in [1.807, 2.05) is 0 Å². The van der Waals surface area contributed by atoms with Crippen molar-refractivity contribution in [2.75, 3.05) is 12.4 Å². The molecule has 0 aliphatic carbocycles. The van der Waals surface area contributed by atoms with E-state index in [0.29, 0.717) is 11.7 Å². The number of nitrogens with zero attached hydrogens (tertiary/aromatic N) is 2. The molecule has 0 fully saturated rings. The second-order valence-corrected chi connectivity index (χ2v) is 4.46. The summed E-state index contributed by atoms with van der Waals surface area (Å²) in [6, 6.07) is 0.289. The number of nitrogens with one attached hydrogen (secondary N) is 1. The minimum absolute atomic E-state index is 0.217. The third-order valence-electron chi connectivity index (χ3n) is 2.25. The molecule has 17 heavy (non-hydrogen) atoms. The second-order valence-electron chi connectivity index (χ2n) is 4.46. The first-order valence-corrected chi connectivity index (χ1v) is 5.69. The van der Waals surface area contributed by atoms with Crippen molar-refractivity contribution in [2.45, 2.75) is 33.2 Å². The molecule has 0 radical (unpaired) electrons. The second kappa shape index (κ2) is 6.18. The number of methoxy groups -OCH3 is 1. The van der Waals surface area contributed by atoms with Crippen molar-refractivity contribution in [1.29, 1.82) is 0 Å². The SMILES string of the molecule is COC(=O)c1cncc(NC(C)CC(C)C)n1. The van der Waals surface area contributed by atoms with Gasteiger partial charge in [0.05, 0.1) is 19.5 Å². The topological polar surface area (TPSA) is 64.1 Å². The Kier molecular flexibility index (Phi) is 4.87. The first-order valence-electron chi connectivity index (χ1n) is 5.69. The van der Waals surface area contributed by atoms with E-state index in [0.717, 1.165) is 6.42 Å². The van der Waals surface area contributed by atoms with Gasteiger partial charge in [-0.15, -0.1) is 0 Å². The fourth-order valence-corrected chi connectivity index (χ4v) is 1.66. The number of esters is 1. The van der Waals surface area contributed by atoms with Crippen LogP contribution < -0.4 is 5.32 Å². The molecule has 0 bridgehead atoms. The maximum atomic E-state index is 11.3. The number of anilines is 1. The van der Waals surface area contributed by atoms with E-state index in [9.17, 15) is 4.79 Å². The summed E-state index contributed by atoms with van der Waals surface area (Å²) in [6.45, 7) is 6.40. The number of rotatable bonds is 5. The van der Waals surface area contributed by atoms with Crippen LogP contribution >= 0.6 is 0 Å². The third-order valence-corrected chi connectivity index (χ3v) is 2.25. The van der Waals surface area contributed by atoms with Gasteiger partial charge in [0.25, 0.3) is 0 Å². The molecule has 1 rings (SSSR count). The maximum Gasteiger partial charge on any atom is 0.358 e. The summed E-state index contributed by atoms with van der Waals surface area (Å²) in [4.78, 5) is 19.4. The van der Waals surface area contributed by atoms with Crippen LogP contribution in [0.5, 0.6) is 0 Å². The molecule has 0 aliphatic rings. The number of carbonyl (C=O) groups is 1. The number of ether oxygens (including phenoxy) is 1. The van der Waals surface area contributed by atoms with Crippen LogP contribution in [0.2, 0.25) is 0 Å². The third kappa shape index (κ3) is 4.38. The van der Waals surface area contributed by atoms with Crippen LogP contribution in [0.25, 0.3) is 0 Å². The summed E-state index contributed by atoms with van der Waals surface area (Å²) in [5, 5.41) is 3.21. The molecule has 1 atom stereocenters. The quantitative estimate of drug-likeness (QED) is 0.794. The van der Waals surface area contributed by atoms with E-state index in [1.165, 1.54) is 13.3 Å². The highest BCUT2D eigenvalue weighted by atomic mass is 16.5. The summed E-state index contributed by atoms with van der Waals surface area (Å²) >= 11 is 0. The average molecular weight is 237 g/mol. The van der Waals surface area contributed by atoms with E-state index in [1.54, 1.807) is 6.20 Å². The van der Waals surface area contributed by atoms with Crippen LogP contribution in [-0.2, 0) is 4.74 Å². The Morgan fingerprint density at radius 1 is 1.41 bits per heavy atom. The smallest absolute Gasteiger partial charge is 0.358 e. The predicted molar refractivity (Wildman–Crippen MR) is 65.9 cm³/mol. The van der Waals surface area contributed by atoms with Crippen molar-refractivity contribution >= 4 is 11.8 Å². The molecular weight excluding hydrogens is 218 g/mol. The standard InChI is InChI=1S/C12H19N3O2/c1-8(2)5-9(3)14-11-7-13-6-10(15-11)12(16)17-4/h6-9H,5H2,1-4H3,(H,14,15). The molecule has 5 heteroatoms. The lowest BCUT2D eigenvalue weighted by Crippen LogP contribution is -2.19. The van der Waals surface area contributed by atoms with Crippen LogP contribution in [0.1, 0.15) is 37.7 Å². The average Bonchev–Trinajstić information content (AvgIpc) is 2.27.